The van der Waals surface area contributed by atoms with Gasteiger partial charge in [-0.25, -0.2) is 4.79 Å². The zero-order valence-corrected chi connectivity index (χ0v) is 32.7. The van der Waals surface area contributed by atoms with Crippen molar-refractivity contribution in [2.45, 2.75) is 151 Å². The molecule has 1 aliphatic rings. The molecule has 0 saturated carbocycles. The molecule has 1 saturated heterocycles. The van der Waals surface area contributed by atoms with E-state index in [0.717, 1.165) is 49.0 Å². The molecule has 0 aliphatic carbocycles. The van der Waals surface area contributed by atoms with E-state index in [4.69, 9.17) is 23.7 Å². The van der Waals surface area contributed by atoms with Crippen molar-refractivity contribution in [1.29, 1.82) is 0 Å². The molecule has 1 fully saturated rings. The SMILES string of the molecule is CCCCC(C)(C)C(=O)NCC1OC(C)(C)N(C(=O)OC(C)(C)C)[C@H]1C[C@@H](C(C)C)C(OC(C)=O)c1ccc(CC)c(OCCCOC)c1. The fraction of sp³-hybridized carbons (Fsp3) is 0.769. The van der Waals surface area contributed by atoms with Gasteiger partial charge < -0.3 is 29.0 Å². The van der Waals surface area contributed by atoms with E-state index in [2.05, 4.69) is 33.0 Å². The minimum absolute atomic E-state index is 0.0358. The topological polar surface area (TPSA) is 113 Å². The van der Waals surface area contributed by atoms with E-state index < -0.39 is 47.1 Å². The van der Waals surface area contributed by atoms with Crippen molar-refractivity contribution < 1.29 is 38.1 Å². The van der Waals surface area contributed by atoms with Crippen LogP contribution in [0.25, 0.3) is 0 Å². The number of aryl methyl sites for hydroxylation is 1. The van der Waals surface area contributed by atoms with E-state index in [9.17, 15) is 14.4 Å². The Morgan fingerprint density at radius 2 is 1.71 bits per heavy atom. The predicted octanol–water partition coefficient (Wildman–Crippen LogP) is 8.00. The Balaban J connectivity index is 2.58. The van der Waals surface area contributed by atoms with Crippen LogP contribution >= 0.6 is 0 Å². The third-order valence-corrected chi connectivity index (χ3v) is 9.21. The van der Waals surface area contributed by atoms with Crippen LogP contribution in [0.5, 0.6) is 5.75 Å². The fourth-order valence-electron chi connectivity index (χ4n) is 6.50. The van der Waals surface area contributed by atoms with Gasteiger partial charge in [0.15, 0.2) is 0 Å². The summed E-state index contributed by atoms with van der Waals surface area (Å²) in [7, 11) is 1.67. The van der Waals surface area contributed by atoms with Gasteiger partial charge in [-0.2, -0.15) is 0 Å². The molecule has 4 atom stereocenters. The molecular formula is C39H66N2O8. The number of hydrogen-bond acceptors (Lipinski definition) is 8. The van der Waals surface area contributed by atoms with Gasteiger partial charge in [0.25, 0.3) is 0 Å². The summed E-state index contributed by atoms with van der Waals surface area (Å²) in [6, 6.07) is 5.52. The van der Waals surface area contributed by atoms with E-state index in [1.165, 1.54) is 6.92 Å². The van der Waals surface area contributed by atoms with Crippen LogP contribution in [-0.2, 0) is 35.0 Å². The fourth-order valence-corrected chi connectivity index (χ4v) is 6.50. The molecule has 1 aromatic rings. The summed E-state index contributed by atoms with van der Waals surface area (Å²) in [5.74, 6) is 0.104. The summed E-state index contributed by atoms with van der Waals surface area (Å²) in [4.78, 5) is 41.6. The van der Waals surface area contributed by atoms with Crippen LogP contribution in [-0.4, -0.2) is 73.2 Å². The first-order valence-corrected chi connectivity index (χ1v) is 18.2. The van der Waals surface area contributed by atoms with E-state index in [1.807, 2.05) is 66.7 Å². The highest BCUT2D eigenvalue weighted by atomic mass is 16.6. The largest absolute Gasteiger partial charge is 0.493 e. The highest BCUT2D eigenvalue weighted by molar-refractivity contribution is 5.81. The number of hydrogen-bond donors (Lipinski definition) is 1. The number of nitrogens with one attached hydrogen (secondary N) is 1. The molecule has 0 bridgehead atoms. The molecule has 10 nitrogen and oxygen atoms in total. The number of esters is 1. The normalized spacial score (nSPS) is 19.0. The van der Waals surface area contributed by atoms with Gasteiger partial charge in [-0.05, 0) is 77.0 Å². The van der Waals surface area contributed by atoms with E-state index in [1.54, 1.807) is 12.0 Å². The van der Waals surface area contributed by atoms with E-state index >= 15 is 0 Å². The number of ether oxygens (including phenoxy) is 5. The van der Waals surface area contributed by atoms with Gasteiger partial charge in [-0.1, -0.05) is 66.5 Å². The van der Waals surface area contributed by atoms with Crippen LogP contribution < -0.4 is 10.1 Å². The molecule has 1 heterocycles. The molecule has 1 aromatic carbocycles. The molecule has 0 radical (unpaired) electrons. The first kappa shape index (κ1) is 42.3. The summed E-state index contributed by atoms with van der Waals surface area (Å²) in [5, 5.41) is 3.14. The number of benzene rings is 1. The maximum Gasteiger partial charge on any atom is 0.412 e. The average Bonchev–Trinajstić information content (AvgIpc) is 3.26. The van der Waals surface area contributed by atoms with Gasteiger partial charge in [0.1, 0.15) is 23.2 Å². The average molecular weight is 691 g/mol. The van der Waals surface area contributed by atoms with Crippen LogP contribution in [0.1, 0.15) is 132 Å². The maximum absolute atomic E-state index is 13.9. The smallest absolute Gasteiger partial charge is 0.412 e. The van der Waals surface area contributed by atoms with Crippen molar-refractivity contribution >= 4 is 18.0 Å². The summed E-state index contributed by atoms with van der Waals surface area (Å²) in [6.45, 7) is 24.2. The Hall–Kier alpha value is -2.85. The molecular weight excluding hydrogens is 624 g/mol. The summed E-state index contributed by atoms with van der Waals surface area (Å²) in [6.07, 6.45) is 3.04. The van der Waals surface area contributed by atoms with Gasteiger partial charge in [0.05, 0.1) is 18.8 Å². The van der Waals surface area contributed by atoms with Crippen molar-refractivity contribution in [3.63, 3.8) is 0 Å². The maximum atomic E-state index is 13.9. The third kappa shape index (κ3) is 12.5. The lowest BCUT2D eigenvalue weighted by atomic mass is 9.80. The van der Waals surface area contributed by atoms with Crippen LogP contribution in [0.2, 0.25) is 0 Å². The van der Waals surface area contributed by atoms with Crippen LogP contribution in [0.15, 0.2) is 18.2 Å². The number of nitrogens with zero attached hydrogens (tertiary/aromatic N) is 1. The molecule has 2 amide bonds. The minimum atomic E-state index is -1.02. The second-order valence-electron chi connectivity index (χ2n) is 15.8. The second-order valence-corrected chi connectivity index (χ2v) is 15.8. The third-order valence-electron chi connectivity index (χ3n) is 9.21. The number of rotatable bonds is 18. The zero-order valence-electron chi connectivity index (χ0n) is 32.7. The van der Waals surface area contributed by atoms with Crippen molar-refractivity contribution in [3.8, 4) is 5.75 Å². The minimum Gasteiger partial charge on any atom is -0.493 e. The van der Waals surface area contributed by atoms with Gasteiger partial charge in [0.2, 0.25) is 5.91 Å². The van der Waals surface area contributed by atoms with E-state index in [0.29, 0.717) is 19.6 Å². The van der Waals surface area contributed by atoms with Crippen molar-refractivity contribution in [2.24, 2.45) is 17.3 Å². The van der Waals surface area contributed by atoms with Crippen molar-refractivity contribution in [1.82, 2.24) is 10.2 Å². The Morgan fingerprint density at radius 1 is 1.04 bits per heavy atom. The van der Waals surface area contributed by atoms with Crippen LogP contribution in [0, 0.1) is 17.3 Å². The number of carbonyl (C=O) groups is 3. The lowest BCUT2D eigenvalue weighted by Gasteiger charge is -2.38. The molecule has 2 unspecified atom stereocenters. The Bertz CT molecular complexity index is 1220. The van der Waals surface area contributed by atoms with Gasteiger partial charge >= 0.3 is 12.1 Å². The molecule has 1 aliphatic heterocycles. The molecule has 0 aromatic heterocycles. The quantitative estimate of drug-likeness (QED) is 0.122. The number of methoxy groups -OCH3 is 1. The molecule has 0 spiro atoms. The zero-order chi connectivity index (χ0) is 37.2. The number of amides is 2. The number of carbonyl (C=O) groups excluding carboxylic acids is 3. The van der Waals surface area contributed by atoms with Crippen LogP contribution in [0.4, 0.5) is 4.79 Å². The van der Waals surface area contributed by atoms with Gasteiger partial charge in [0, 0.05) is 44.9 Å². The molecule has 280 valence electrons. The summed E-state index contributed by atoms with van der Waals surface area (Å²) in [5.41, 5.74) is -0.420. The molecule has 1 N–H and O–H groups in total. The van der Waals surface area contributed by atoms with Crippen molar-refractivity contribution in [2.75, 3.05) is 26.9 Å². The summed E-state index contributed by atoms with van der Waals surface area (Å²) < 4.78 is 30.0. The Morgan fingerprint density at radius 3 is 2.27 bits per heavy atom. The van der Waals surface area contributed by atoms with Gasteiger partial charge in [-0.3, -0.25) is 14.5 Å². The lowest BCUT2D eigenvalue weighted by molar-refractivity contribution is -0.151. The standard InChI is InChI=1S/C39H66N2O8/c1-14-16-20-38(9,10)35(43)40-25-33-31(41(39(11,12)48-33)36(44)49-37(6,7)8)24-30(26(3)4)34(47-27(5)42)29-19-18-28(15-2)32(23-29)46-22-17-21-45-13/h18-19,23,26,30-31,33-34H,14-17,20-22,24-25H2,1-13H3,(H,40,43)/t30-,31-,33?,34?/m0/s1. The number of unbranched alkanes of at least 4 members (excludes halogenated alkanes) is 1. The Kier molecular flexibility index (Phi) is 15.9. The second kappa shape index (κ2) is 18.4. The van der Waals surface area contributed by atoms with E-state index in [-0.39, 0.29) is 24.3 Å². The Labute approximate surface area is 296 Å². The summed E-state index contributed by atoms with van der Waals surface area (Å²) >= 11 is 0. The van der Waals surface area contributed by atoms with Crippen LogP contribution in [0.3, 0.4) is 0 Å². The molecule has 2 rings (SSSR count). The first-order valence-electron chi connectivity index (χ1n) is 18.2. The van der Waals surface area contributed by atoms with Gasteiger partial charge in [-0.15, -0.1) is 0 Å². The molecule has 49 heavy (non-hydrogen) atoms. The monoisotopic (exact) mass is 690 g/mol. The highest BCUT2D eigenvalue weighted by Gasteiger charge is 2.52. The lowest BCUT2D eigenvalue weighted by Crippen LogP contribution is -2.52. The predicted molar refractivity (Wildman–Crippen MR) is 192 cm³/mol. The van der Waals surface area contributed by atoms with Crippen molar-refractivity contribution in [3.05, 3.63) is 29.3 Å². The first-order chi connectivity index (χ1) is 22.8. The highest BCUT2D eigenvalue weighted by Crippen LogP contribution is 2.43. The molecule has 10 heteroatoms.